The summed E-state index contributed by atoms with van der Waals surface area (Å²) in [7, 11) is 0. The molecule has 3 heteroatoms. The maximum Gasteiger partial charge on any atom is 0.169 e. The SMILES string of the molecule is CCC(c1ccccc1)C(N)c1cc2cccc(F)c2o1. The minimum Gasteiger partial charge on any atom is -0.456 e. The average molecular weight is 283 g/mol. The Hall–Kier alpha value is -2.13. The molecule has 0 saturated carbocycles. The molecule has 0 bridgehead atoms. The Morgan fingerprint density at radius 2 is 1.86 bits per heavy atom. The van der Waals surface area contributed by atoms with Crippen LogP contribution in [0.4, 0.5) is 4.39 Å². The topological polar surface area (TPSA) is 39.2 Å². The van der Waals surface area contributed by atoms with Crippen LogP contribution in [0.5, 0.6) is 0 Å². The molecule has 0 radical (unpaired) electrons. The molecule has 3 rings (SSSR count). The highest BCUT2D eigenvalue weighted by atomic mass is 19.1. The molecule has 2 unspecified atom stereocenters. The number of halogens is 1. The Labute approximate surface area is 123 Å². The number of rotatable bonds is 4. The van der Waals surface area contributed by atoms with Gasteiger partial charge in [-0.2, -0.15) is 0 Å². The molecule has 2 aromatic carbocycles. The van der Waals surface area contributed by atoms with Crippen molar-refractivity contribution >= 4 is 11.0 Å². The van der Waals surface area contributed by atoms with Crippen molar-refractivity contribution in [2.75, 3.05) is 0 Å². The van der Waals surface area contributed by atoms with E-state index < -0.39 is 0 Å². The summed E-state index contributed by atoms with van der Waals surface area (Å²) in [5.74, 6) is 0.430. The smallest absolute Gasteiger partial charge is 0.169 e. The van der Waals surface area contributed by atoms with Crippen molar-refractivity contribution < 1.29 is 8.81 Å². The zero-order chi connectivity index (χ0) is 14.8. The lowest BCUT2D eigenvalue weighted by molar-refractivity contribution is 0.429. The van der Waals surface area contributed by atoms with E-state index >= 15 is 0 Å². The lowest BCUT2D eigenvalue weighted by Gasteiger charge is -2.21. The molecule has 0 aliphatic rings. The summed E-state index contributed by atoms with van der Waals surface area (Å²) >= 11 is 0. The van der Waals surface area contributed by atoms with Crippen LogP contribution >= 0.6 is 0 Å². The van der Waals surface area contributed by atoms with E-state index in [1.54, 1.807) is 6.07 Å². The fourth-order valence-corrected chi connectivity index (χ4v) is 2.81. The fraction of sp³-hybridized carbons (Fsp3) is 0.222. The van der Waals surface area contributed by atoms with E-state index in [0.29, 0.717) is 5.76 Å². The second kappa shape index (κ2) is 5.70. The molecule has 2 N–H and O–H groups in total. The normalized spacial score (nSPS) is 14.2. The molecule has 21 heavy (non-hydrogen) atoms. The standard InChI is InChI=1S/C18H18FNO/c1-2-14(12-7-4-3-5-8-12)17(20)16-11-13-9-6-10-15(19)18(13)21-16/h3-11,14,17H,2,20H2,1H3. The molecule has 0 aliphatic carbocycles. The van der Waals surface area contributed by atoms with Crippen LogP contribution in [0.3, 0.4) is 0 Å². The van der Waals surface area contributed by atoms with E-state index in [0.717, 1.165) is 11.8 Å². The van der Waals surface area contributed by atoms with Crippen LogP contribution in [0, 0.1) is 5.82 Å². The third-order valence-corrected chi connectivity index (χ3v) is 3.94. The number of hydrogen-bond donors (Lipinski definition) is 1. The number of para-hydroxylation sites is 1. The molecule has 0 aliphatic heterocycles. The predicted molar refractivity (Wildman–Crippen MR) is 82.6 cm³/mol. The molecule has 0 saturated heterocycles. The van der Waals surface area contributed by atoms with Crippen molar-refractivity contribution in [3.8, 4) is 0 Å². The van der Waals surface area contributed by atoms with Gasteiger partial charge < -0.3 is 10.2 Å². The zero-order valence-corrected chi connectivity index (χ0v) is 11.9. The van der Waals surface area contributed by atoms with Gasteiger partial charge in [0, 0.05) is 11.3 Å². The number of furan rings is 1. The summed E-state index contributed by atoms with van der Waals surface area (Å²) in [4.78, 5) is 0. The Bertz CT molecular complexity index is 735. The molecule has 2 atom stereocenters. The molecular formula is C18H18FNO. The Morgan fingerprint density at radius 1 is 1.10 bits per heavy atom. The number of benzene rings is 2. The van der Waals surface area contributed by atoms with E-state index in [2.05, 4.69) is 19.1 Å². The van der Waals surface area contributed by atoms with Gasteiger partial charge in [0.1, 0.15) is 5.76 Å². The monoisotopic (exact) mass is 283 g/mol. The highest BCUT2D eigenvalue weighted by Gasteiger charge is 2.23. The van der Waals surface area contributed by atoms with Crippen molar-refractivity contribution in [2.45, 2.75) is 25.3 Å². The highest BCUT2D eigenvalue weighted by molar-refractivity contribution is 5.78. The van der Waals surface area contributed by atoms with Crippen molar-refractivity contribution in [1.82, 2.24) is 0 Å². The van der Waals surface area contributed by atoms with E-state index in [1.165, 1.54) is 11.6 Å². The van der Waals surface area contributed by atoms with Gasteiger partial charge in [0.05, 0.1) is 6.04 Å². The van der Waals surface area contributed by atoms with Gasteiger partial charge in [-0.3, -0.25) is 0 Å². The molecular weight excluding hydrogens is 265 g/mol. The lowest BCUT2D eigenvalue weighted by Crippen LogP contribution is -2.18. The predicted octanol–water partition coefficient (Wildman–Crippen LogP) is 4.77. The first-order valence-corrected chi connectivity index (χ1v) is 7.19. The fourth-order valence-electron chi connectivity index (χ4n) is 2.81. The van der Waals surface area contributed by atoms with Crippen molar-refractivity contribution in [3.05, 3.63) is 71.7 Å². The van der Waals surface area contributed by atoms with Crippen LogP contribution in [0.15, 0.2) is 59.0 Å². The summed E-state index contributed by atoms with van der Waals surface area (Å²) in [5.41, 5.74) is 7.84. The molecule has 3 aromatic rings. The van der Waals surface area contributed by atoms with E-state index in [-0.39, 0.29) is 23.4 Å². The second-order valence-electron chi connectivity index (χ2n) is 5.26. The molecule has 1 heterocycles. The lowest BCUT2D eigenvalue weighted by atomic mass is 9.88. The zero-order valence-electron chi connectivity index (χ0n) is 11.9. The van der Waals surface area contributed by atoms with Gasteiger partial charge in [0.2, 0.25) is 0 Å². The summed E-state index contributed by atoms with van der Waals surface area (Å²) in [5, 5.41) is 0.753. The highest BCUT2D eigenvalue weighted by Crippen LogP contribution is 2.34. The van der Waals surface area contributed by atoms with Gasteiger partial charge in [-0.25, -0.2) is 4.39 Å². The third-order valence-electron chi connectivity index (χ3n) is 3.94. The van der Waals surface area contributed by atoms with Crippen LogP contribution in [-0.2, 0) is 0 Å². The van der Waals surface area contributed by atoms with Gasteiger partial charge in [-0.1, -0.05) is 49.4 Å². The van der Waals surface area contributed by atoms with E-state index in [4.69, 9.17) is 10.2 Å². The third kappa shape index (κ3) is 2.57. The number of nitrogens with two attached hydrogens (primary N) is 1. The van der Waals surface area contributed by atoms with E-state index in [9.17, 15) is 4.39 Å². The number of fused-ring (bicyclic) bond motifs is 1. The maximum atomic E-state index is 13.7. The number of hydrogen-bond acceptors (Lipinski definition) is 2. The van der Waals surface area contributed by atoms with Crippen LogP contribution in [0.1, 0.15) is 36.6 Å². The summed E-state index contributed by atoms with van der Waals surface area (Å²) in [6.45, 7) is 2.10. The van der Waals surface area contributed by atoms with Crippen LogP contribution in [0.25, 0.3) is 11.0 Å². The summed E-state index contributed by atoms with van der Waals surface area (Å²) in [6, 6.07) is 16.6. The van der Waals surface area contributed by atoms with Crippen LogP contribution in [-0.4, -0.2) is 0 Å². The van der Waals surface area contributed by atoms with E-state index in [1.807, 2.05) is 30.3 Å². The van der Waals surface area contributed by atoms with Crippen molar-refractivity contribution in [3.63, 3.8) is 0 Å². The molecule has 0 amide bonds. The van der Waals surface area contributed by atoms with Crippen molar-refractivity contribution in [2.24, 2.45) is 5.73 Å². The molecule has 2 nitrogen and oxygen atoms in total. The molecule has 0 spiro atoms. The molecule has 0 fully saturated rings. The second-order valence-corrected chi connectivity index (χ2v) is 5.26. The minimum absolute atomic E-state index is 0.148. The van der Waals surface area contributed by atoms with Gasteiger partial charge in [-0.05, 0) is 24.1 Å². The van der Waals surface area contributed by atoms with Gasteiger partial charge >= 0.3 is 0 Å². The first-order valence-electron chi connectivity index (χ1n) is 7.19. The summed E-state index contributed by atoms with van der Waals surface area (Å²) in [6.07, 6.45) is 0.894. The minimum atomic E-state index is -0.348. The Kier molecular flexibility index (Phi) is 3.76. The first kappa shape index (κ1) is 13.8. The first-order chi connectivity index (χ1) is 10.2. The Balaban J connectivity index is 1.99. The molecule has 1 aromatic heterocycles. The van der Waals surface area contributed by atoms with Gasteiger partial charge in [-0.15, -0.1) is 0 Å². The van der Waals surface area contributed by atoms with Gasteiger partial charge in [0.15, 0.2) is 11.4 Å². The van der Waals surface area contributed by atoms with Crippen LogP contribution in [0.2, 0.25) is 0 Å². The Morgan fingerprint density at radius 3 is 2.52 bits per heavy atom. The van der Waals surface area contributed by atoms with Crippen LogP contribution < -0.4 is 5.73 Å². The maximum absolute atomic E-state index is 13.7. The average Bonchev–Trinajstić information content (AvgIpc) is 2.95. The molecule has 108 valence electrons. The van der Waals surface area contributed by atoms with Crippen molar-refractivity contribution in [1.29, 1.82) is 0 Å². The quantitative estimate of drug-likeness (QED) is 0.749. The van der Waals surface area contributed by atoms with Gasteiger partial charge in [0.25, 0.3) is 0 Å². The largest absolute Gasteiger partial charge is 0.456 e. The summed E-state index contributed by atoms with van der Waals surface area (Å²) < 4.78 is 19.4.